The number of imidazole rings is 1. The van der Waals surface area contributed by atoms with Crippen LogP contribution in [0, 0.1) is 5.82 Å². The second kappa shape index (κ2) is 3.29. The highest BCUT2D eigenvalue weighted by atomic mass is 19.1. The van der Waals surface area contributed by atoms with Crippen molar-refractivity contribution in [2.45, 2.75) is 6.92 Å². The summed E-state index contributed by atoms with van der Waals surface area (Å²) in [5.41, 5.74) is 1.52. The average molecular weight is 194 g/mol. The number of fused-ring (bicyclic) bond motifs is 1. The quantitative estimate of drug-likeness (QED) is 0.732. The third-order valence-corrected chi connectivity index (χ3v) is 2.08. The average Bonchev–Trinajstić information content (AvgIpc) is 2.49. The third-order valence-electron chi connectivity index (χ3n) is 2.08. The van der Waals surface area contributed by atoms with Gasteiger partial charge in [-0.25, -0.2) is 9.37 Å². The first-order valence-corrected chi connectivity index (χ1v) is 4.45. The van der Waals surface area contributed by atoms with Gasteiger partial charge in [-0.15, -0.1) is 0 Å². The molecule has 2 rings (SSSR count). The van der Waals surface area contributed by atoms with Gasteiger partial charge in [-0.3, -0.25) is 0 Å². The molecular weight excluding hydrogens is 183 g/mol. The van der Waals surface area contributed by atoms with E-state index < -0.39 is 0 Å². The highest BCUT2D eigenvalue weighted by Crippen LogP contribution is 2.23. The Hall–Kier alpha value is -1.58. The first-order valence-electron chi connectivity index (χ1n) is 4.45. The highest BCUT2D eigenvalue weighted by molar-refractivity contribution is 5.77. The molecule has 1 aromatic heterocycles. The van der Waals surface area contributed by atoms with Crippen LogP contribution < -0.4 is 4.74 Å². The molecule has 0 aliphatic rings. The first-order chi connectivity index (χ1) is 6.72. The summed E-state index contributed by atoms with van der Waals surface area (Å²) in [5.74, 6) is -0.0818. The van der Waals surface area contributed by atoms with E-state index in [0.29, 0.717) is 12.1 Å². The van der Waals surface area contributed by atoms with Gasteiger partial charge in [0.2, 0.25) is 0 Å². The molecular formula is C10H11FN2O. The van der Waals surface area contributed by atoms with E-state index >= 15 is 0 Å². The van der Waals surface area contributed by atoms with Crippen molar-refractivity contribution in [3.63, 3.8) is 0 Å². The zero-order chi connectivity index (χ0) is 10.1. The molecule has 14 heavy (non-hydrogen) atoms. The number of ether oxygens (including phenoxy) is 1. The second-order valence-electron chi connectivity index (χ2n) is 3.06. The zero-order valence-corrected chi connectivity index (χ0v) is 8.12. The molecule has 0 aliphatic heterocycles. The maximum atomic E-state index is 13.3. The topological polar surface area (TPSA) is 27.1 Å². The van der Waals surface area contributed by atoms with Crippen molar-refractivity contribution in [3.8, 4) is 5.75 Å². The maximum absolute atomic E-state index is 13.3. The minimum absolute atomic E-state index is 0.281. The van der Waals surface area contributed by atoms with Gasteiger partial charge in [-0.1, -0.05) is 0 Å². The van der Waals surface area contributed by atoms with Gasteiger partial charge in [0.25, 0.3) is 0 Å². The van der Waals surface area contributed by atoms with Crippen molar-refractivity contribution in [2.24, 2.45) is 7.05 Å². The monoisotopic (exact) mass is 194 g/mol. The number of halogens is 1. The summed E-state index contributed by atoms with van der Waals surface area (Å²) in [6.45, 7) is 2.28. The number of hydrogen-bond acceptors (Lipinski definition) is 2. The normalized spacial score (nSPS) is 10.8. The lowest BCUT2D eigenvalue weighted by Crippen LogP contribution is -1.95. The Labute approximate surface area is 81.1 Å². The molecule has 2 aromatic rings. The lowest BCUT2D eigenvalue weighted by Gasteiger charge is -2.04. The molecule has 0 aliphatic carbocycles. The van der Waals surface area contributed by atoms with E-state index in [1.54, 1.807) is 12.4 Å². The Balaban J connectivity index is 2.61. The summed E-state index contributed by atoms with van der Waals surface area (Å²) >= 11 is 0. The first kappa shape index (κ1) is 8.99. The van der Waals surface area contributed by atoms with E-state index in [9.17, 15) is 4.39 Å². The fraction of sp³-hybridized carbons (Fsp3) is 0.300. The second-order valence-corrected chi connectivity index (χ2v) is 3.06. The Morgan fingerprint density at radius 3 is 3.00 bits per heavy atom. The number of benzene rings is 1. The molecule has 0 radical (unpaired) electrons. The number of nitrogens with zero attached hydrogens (tertiary/aromatic N) is 2. The van der Waals surface area contributed by atoms with Crippen LogP contribution in [0.3, 0.4) is 0 Å². The summed E-state index contributed by atoms with van der Waals surface area (Å²) in [6.07, 6.45) is 1.65. The van der Waals surface area contributed by atoms with Crippen molar-refractivity contribution in [1.82, 2.24) is 9.55 Å². The van der Waals surface area contributed by atoms with Crippen LogP contribution in [-0.2, 0) is 7.05 Å². The van der Waals surface area contributed by atoms with Gasteiger partial charge in [-0.2, -0.15) is 0 Å². The van der Waals surface area contributed by atoms with Gasteiger partial charge in [0.1, 0.15) is 0 Å². The number of rotatable bonds is 2. The van der Waals surface area contributed by atoms with E-state index in [1.807, 2.05) is 18.5 Å². The van der Waals surface area contributed by atoms with E-state index in [4.69, 9.17) is 4.74 Å². The molecule has 0 saturated carbocycles. The van der Waals surface area contributed by atoms with Crippen LogP contribution in [0.5, 0.6) is 5.75 Å². The molecule has 74 valence electrons. The molecule has 1 aromatic carbocycles. The van der Waals surface area contributed by atoms with Gasteiger partial charge in [0.15, 0.2) is 11.6 Å². The van der Waals surface area contributed by atoms with Crippen LogP contribution in [0.25, 0.3) is 11.0 Å². The van der Waals surface area contributed by atoms with Gasteiger partial charge < -0.3 is 9.30 Å². The molecule has 0 atom stereocenters. The van der Waals surface area contributed by atoms with Crippen LogP contribution in [-0.4, -0.2) is 16.2 Å². The van der Waals surface area contributed by atoms with Crippen molar-refractivity contribution in [2.75, 3.05) is 6.61 Å². The molecule has 0 spiro atoms. The summed E-state index contributed by atoms with van der Waals surface area (Å²) < 4.78 is 20.3. The van der Waals surface area contributed by atoms with E-state index in [-0.39, 0.29) is 11.6 Å². The van der Waals surface area contributed by atoms with Crippen molar-refractivity contribution in [3.05, 3.63) is 24.3 Å². The standard InChI is InChI=1S/C10H11FN2O/c1-3-14-10-5-9-8(4-7(10)11)12-6-13(9)2/h4-6H,3H2,1-2H3. The molecule has 0 unspecified atom stereocenters. The van der Waals surface area contributed by atoms with Crippen LogP contribution in [0.1, 0.15) is 6.92 Å². The molecule has 3 nitrogen and oxygen atoms in total. The van der Waals surface area contributed by atoms with Gasteiger partial charge in [0, 0.05) is 19.2 Å². The lowest BCUT2D eigenvalue weighted by molar-refractivity contribution is 0.322. The maximum Gasteiger partial charge on any atom is 0.167 e. The van der Waals surface area contributed by atoms with Crippen molar-refractivity contribution >= 4 is 11.0 Å². The van der Waals surface area contributed by atoms with Crippen molar-refractivity contribution in [1.29, 1.82) is 0 Å². The summed E-state index contributed by atoms with van der Waals surface area (Å²) in [6, 6.07) is 3.06. The molecule has 4 heteroatoms. The Bertz CT molecular complexity index is 464. The molecule has 0 fully saturated rings. The largest absolute Gasteiger partial charge is 0.491 e. The lowest BCUT2D eigenvalue weighted by atomic mass is 10.3. The zero-order valence-electron chi connectivity index (χ0n) is 8.12. The van der Waals surface area contributed by atoms with E-state index in [2.05, 4.69) is 4.98 Å². The minimum atomic E-state index is -0.363. The Kier molecular flexibility index (Phi) is 2.11. The molecule has 0 saturated heterocycles. The number of aromatic nitrogens is 2. The molecule has 0 bridgehead atoms. The molecule has 0 N–H and O–H groups in total. The smallest absolute Gasteiger partial charge is 0.167 e. The highest BCUT2D eigenvalue weighted by Gasteiger charge is 2.08. The Morgan fingerprint density at radius 1 is 1.50 bits per heavy atom. The fourth-order valence-electron chi connectivity index (χ4n) is 1.40. The number of hydrogen-bond donors (Lipinski definition) is 0. The van der Waals surface area contributed by atoms with Crippen LogP contribution in [0.15, 0.2) is 18.5 Å². The van der Waals surface area contributed by atoms with Gasteiger partial charge in [-0.05, 0) is 6.92 Å². The summed E-state index contributed by atoms with van der Waals surface area (Å²) in [7, 11) is 1.86. The minimum Gasteiger partial charge on any atom is -0.491 e. The van der Waals surface area contributed by atoms with Crippen LogP contribution in [0.2, 0.25) is 0 Å². The van der Waals surface area contributed by atoms with E-state index in [0.717, 1.165) is 5.52 Å². The SMILES string of the molecule is CCOc1cc2c(cc1F)ncn2C. The summed E-state index contributed by atoms with van der Waals surface area (Å²) in [5, 5.41) is 0. The number of aryl methyl sites for hydroxylation is 1. The summed E-state index contributed by atoms with van der Waals surface area (Å²) in [4.78, 5) is 4.05. The predicted molar refractivity (Wildman–Crippen MR) is 51.8 cm³/mol. The van der Waals surface area contributed by atoms with Crippen molar-refractivity contribution < 1.29 is 9.13 Å². The molecule has 0 amide bonds. The fourth-order valence-corrected chi connectivity index (χ4v) is 1.40. The van der Waals surface area contributed by atoms with E-state index in [1.165, 1.54) is 6.07 Å². The predicted octanol–water partition coefficient (Wildman–Crippen LogP) is 2.11. The third kappa shape index (κ3) is 1.32. The van der Waals surface area contributed by atoms with Crippen LogP contribution in [0.4, 0.5) is 4.39 Å². The van der Waals surface area contributed by atoms with Gasteiger partial charge in [0.05, 0.1) is 24.0 Å². The Morgan fingerprint density at radius 2 is 2.29 bits per heavy atom. The molecule has 1 heterocycles. The van der Waals surface area contributed by atoms with Crippen LogP contribution >= 0.6 is 0 Å². The van der Waals surface area contributed by atoms with Gasteiger partial charge >= 0.3 is 0 Å².